The Balaban J connectivity index is 1.30. The van der Waals surface area contributed by atoms with Crippen molar-refractivity contribution in [1.29, 1.82) is 0 Å². The first-order chi connectivity index (χ1) is 24.6. The molecule has 0 N–H and O–H groups in total. The minimum absolute atomic E-state index is 0.0675. The highest BCUT2D eigenvalue weighted by Crippen LogP contribution is 2.37. The molecular weight excluding hydrogens is 629 g/mol. The van der Waals surface area contributed by atoms with Crippen LogP contribution in [0.3, 0.4) is 0 Å². The molecule has 0 spiro atoms. The SMILES string of the molecule is CCCc1nn(-c2cccc(Oc3ccc4c5ccccc5n(-c5cc(OC(C)C)ccn5)c4c3)c2)c(CCC(C)(C)C)c1-c1ccc(C)cc1. The minimum atomic E-state index is 0.0675. The first-order valence-electron chi connectivity index (χ1n) is 18.2. The van der Waals surface area contributed by atoms with Crippen LogP contribution >= 0.6 is 0 Å². The maximum atomic E-state index is 6.65. The van der Waals surface area contributed by atoms with Gasteiger partial charge in [-0.2, -0.15) is 5.10 Å². The van der Waals surface area contributed by atoms with Gasteiger partial charge in [0.05, 0.1) is 34.2 Å². The van der Waals surface area contributed by atoms with Crippen LogP contribution in [0.5, 0.6) is 17.2 Å². The number of fused-ring (bicyclic) bond motifs is 3. The number of benzene rings is 4. The molecule has 0 bridgehead atoms. The monoisotopic (exact) mass is 676 g/mol. The second-order valence-electron chi connectivity index (χ2n) is 15.0. The summed E-state index contributed by atoms with van der Waals surface area (Å²) in [6.45, 7) is 15.4. The highest BCUT2D eigenvalue weighted by Gasteiger charge is 2.23. The van der Waals surface area contributed by atoms with Crippen LogP contribution in [-0.2, 0) is 12.8 Å². The molecule has 0 atom stereocenters. The van der Waals surface area contributed by atoms with E-state index in [1.54, 1.807) is 6.20 Å². The molecule has 6 heteroatoms. The van der Waals surface area contributed by atoms with E-state index in [1.807, 2.05) is 32.0 Å². The molecule has 7 rings (SSSR count). The van der Waals surface area contributed by atoms with E-state index in [1.165, 1.54) is 22.4 Å². The lowest BCUT2D eigenvalue weighted by molar-refractivity contribution is 0.242. The summed E-state index contributed by atoms with van der Waals surface area (Å²) in [4.78, 5) is 4.77. The van der Waals surface area contributed by atoms with Crippen LogP contribution in [0.15, 0.2) is 109 Å². The normalized spacial score (nSPS) is 11.9. The van der Waals surface area contributed by atoms with Gasteiger partial charge in [-0.15, -0.1) is 0 Å². The zero-order chi connectivity index (χ0) is 35.7. The molecule has 4 aromatic carbocycles. The zero-order valence-electron chi connectivity index (χ0n) is 30.9. The smallest absolute Gasteiger partial charge is 0.141 e. The Morgan fingerprint density at radius 3 is 2.27 bits per heavy atom. The lowest BCUT2D eigenvalue weighted by Gasteiger charge is -2.19. The van der Waals surface area contributed by atoms with E-state index in [-0.39, 0.29) is 11.5 Å². The Morgan fingerprint density at radius 1 is 0.745 bits per heavy atom. The van der Waals surface area contributed by atoms with Gasteiger partial charge in [0.15, 0.2) is 0 Å². The maximum Gasteiger partial charge on any atom is 0.141 e. The molecule has 0 amide bonds. The molecular formula is C45H48N4O2. The van der Waals surface area contributed by atoms with Crippen molar-refractivity contribution in [3.63, 3.8) is 0 Å². The lowest BCUT2D eigenvalue weighted by atomic mass is 9.88. The van der Waals surface area contributed by atoms with Gasteiger partial charge in [-0.05, 0) is 87.4 Å². The first kappa shape index (κ1) is 34.1. The number of nitrogens with zero attached hydrogens (tertiary/aromatic N) is 4. The van der Waals surface area contributed by atoms with E-state index >= 15 is 0 Å². The molecule has 0 radical (unpaired) electrons. The molecule has 0 saturated carbocycles. The predicted molar refractivity (Wildman–Crippen MR) is 210 cm³/mol. The number of aryl methyl sites for hydroxylation is 2. The number of hydrogen-bond donors (Lipinski definition) is 0. The lowest BCUT2D eigenvalue weighted by Crippen LogP contribution is -2.10. The molecule has 6 nitrogen and oxygen atoms in total. The van der Waals surface area contributed by atoms with Gasteiger partial charge < -0.3 is 9.47 Å². The topological polar surface area (TPSA) is 54.1 Å². The Morgan fingerprint density at radius 2 is 1.51 bits per heavy atom. The number of aromatic nitrogens is 4. The first-order valence-corrected chi connectivity index (χ1v) is 18.2. The largest absolute Gasteiger partial charge is 0.491 e. The minimum Gasteiger partial charge on any atom is -0.491 e. The third-order valence-corrected chi connectivity index (χ3v) is 9.25. The van der Waals surface area contributed by atoms with Gasteiger partial charge in [0.25, 0.3) is 0 Å². The molecule has 260 valence electrons. The molecule has 51 heavy (non-hydrogen) atoms. The molecule has 0 unspecified atom stereocenters. The van der Waals surface area contributed by atoms with Gasteiger partial charge >= 0.3 is 0 Å². The van der Waals surface area contributed by atoms with E-state index < -0.39 is 0 Å². The Hall–Kier alpha value is -5.36. The van der Waals surface area contributed by atoms with Gasteiger partial charge in [0, 0.05) is 40.7 Å². The van der Waals surface area contributed by atoms with Crippen LogP contribution in [0.4, 0.5) is 0 Å². The zero-order valence-corrected chi connectivity index (χ0v) is 30.9. The second kappa shape index (κ2) is 14.1. The van der Waals surface area contributed by atoms with Gasteiger partial charge in [-0.3, -0.25) is 4.57 Å². The summed E-state index contributed by atoms with van der Waals surface area (Å²) in [5, 5.41) is 7.59. The molecule has 0 fully saturated rings. The molecule has 0 aliphatic heterocycles. The highest BCUT2D eigenvalue weighted by molar-refractivity contribution is 6.09. The summed E-state index contributed by atoms with van der Waals surface area (Å²) in [6.07, 6.45) is 5.80. The summed E-state index contributed by atoms with van der Waals surface area (Å²) in [5.41, 5.74) is 9.42. The van der Waals surface area contributed by atoms with E-state index in [2.05, 4.69) is 129 Å². The van der Waals surface area contributed by atoms with Crippen LogP contribution < -0.4 is 9.47 Å². The number of ether oxygens (including phenoxy) is 2. The summed E-state index contributed by atoms with van der Waals surface area (Å²) < 4.78 is 17.0. The van der Waals surface area contributed by atoms with Crippen molar-refractivity contribution < 1.29 is 9.47 Å². The molecule has 3 aromatic heterocycles. The van der Waals surface area contributed by atoms with Crippen molar-refractivity contribution in [1.82, 2.24) is 19.3 Å². The fourth-order valence-corrected chi connectivity index (χ4v) is 6.85. The maximum absolute atomic E-state index is 6.65. The standard InChI is InChI=1S/C45H48N4O2/c1-8-12-39-44(32-19-17-31(4)18-20-32)41(23-25-45(5,6)7)49(47-39)33-13-11-14-34(27-33)51-35-21-22-38-37-15-9-10-16-40(37)48(42(38)28-35)43-29-36(24-26-46-43)50-30(2)3/h9-11,13-22,24,26-30H,8,12,23,25H2,1-7H3. The number of pyridine rings is 1. The molecule has 7 aromatic rings. The Labute approximate surface area is 301 Å². The van der Waals surface area contributed by atoms with E-state index in [0.29, 0.717) is 0 Å². The predicted octanol–water partition coefficient (Wildman–Crippen LogP) is 11.9. The van der Waals surface area contributed by atoms with Crippen molar-refractivity contribution in [2.45, 2.75) is 80.3 Å². The fraction of sp³-hybridized carbons (Fsp3) is 0.289. The second-order valence-corrected chi connectivity index (χ2v) is 15.0. The van der Waals surface area contributed by atoms with Gasteiger partial charge in [0.2, 0.25) is 0 Å². The van der Waals surface area contributed by atoms with Crippen LogP contribution in [0, 0.1) is 12.3 Å². The fourth-order valence-electron chi connectivity index (χ4n) is 6.85. The average molecular weight is 677 g/mol. The van der Waals surface area contributed by atoms with Gasteiger partial charge in [-0.1, -0.05) is 88.2 Å². The van der Waals surface area contributed by atoms with Crippen LogP contribution in [0.2, 0.25) is 0 Å². The summed E-state index contributed by atoms with van der Waals surface area (Å²) in [6, 6.07) is 35.9. The quantitative estimate of drug-likeness (QED) is 0.137. The van der Waals surface area contributed by atoms with Crippen LogP contribution in [-0.4, -0.2) is 25.4 Å². The third-order valence-electron chi connectivity index (χ3n) is 9.25. The van der Waals surface area contributed by atoms with Crippen molar-refractivity contribution in [3.05, 3.63) is 126 Å². The highest BCUT2D eigenvalue weighted by atomic mass is 16.5. The number of hydrogen-bond acceptors (Lipinski definition) is 4. The van der Waals surface area contributed by atoms with Gasteiger partial charge in [0.1, 0.15) is 23.1 Å². The average Bonchev–Trinajstić information content (AvgIpc) is 3.63. The van der Waals surface area contributed by atoms with Crippen molar-refractivity contribution in [3.8, 4) is 39.9 Å². The summed E-state index contributed by atoms with van der Waals surface area (Å²) in [5.74, 6) is 3.09. The van der Waals surface area contributed by atoms with Crippen molar-refractivity contribution in [2.75, 3.05) is 0 Å². The van der Waals surface area contributed by atoms with Crippen LogP contribution in [0.1, 0.15) is 71.3 Å². The molecule has 0 aliphatic carbocycles. The van der Waals surface area contributed by atoms with Crippen LogP contribution in [0.25, 0.3) is 44.4 Å². The third kappa shape index (κ3) is 7.27. The van der Waals surface area contributed by atoms with Crippen molar-refractivity contribution >= 4 is 21.8 Å². The molecule has 0 saturated heterocycles. The molecule has 3 heterocycles. The van der Waals surface area contributed by atoms with E-state index in [4.69, 9.17) is 19.6 Å². The summed E-state index contributed by atoms with van der Waals surface area (Å²) >= 11 is 0. The Bertz CT molecular complexity index is 2300. The molecule has 0 aliphatic rings. The number of rotatable bonds is 11. The van der Waals surface area contributed by atoms with E-state index in [9.17, 15) is 0 Å². The van der Waals surface area contributed by atoms with Crippen molar-refractivity contribution in [2.24, 2.45) is 5.41 Å². The Kier molecular flexibility index (Phi) is 9.43. The van der Waals surface area contributed by atoms with E-state index in [0.717, 1.165) is 81.9 Å². The number of para-hydroxylation sites is 1. The van der Waals surface area contributed by atoms with Gasteiger partial charge in [-0.25, -0.2) is 9.67 Å². The summed E-state index contributed by atoms with van der Waals surface area (Å²) in [7, 11) is 0.